The van der Waals surface area contributed by atoms with Gasteiger partial charge in [0.2, 0.25) is 0 Å². The van der Waals surface area contributed by atoms with Crippen molar-refractivity contribution in [1.29, 1.82) is 0 Å². The number of nitrogens with two attached hydrogens (primary N) is 1. The number of hydrogen-bond donors (Lipinski definition) is 1. The van der Waals surface area contributed by atoms with E-state index in [1.165, 1.54) is 11.1 Å². The molecule has 140 valence electrons. The molecule has 0 fully saturated rings. The van der Waals surface area contributed by atoms with Crippen LogP contribution in [0.4, 0.5) is 5.82 Å². The van der Waals surface area contributed by atoms with Gasteiger partial charge in [0.25, 0.3) is 0 Å². The van der Waals surface area contributed by atoms with E-state index in [1.54, 1.807) is 0 Å². The number of benzene rings is 2. The van der Waals surface area contributed by atoms with Gasteiger partial charge in [-0.25, -0.2) is 4.98 Å². The second kappa shape index (κ2) is 8.26. The summed E-state index contributed by atoms with van der Waals surface area (Å²) in [5.74, 6) is 2.04. The second-order valence-corrected chi connectivity index (χ2v) is 7.46. The first-order valence-corrected chi connectivity index (χ1v) is 9.52. The number of nitrogens with zero attached hydrogens (tertiary/aromatic N) is 1. The van der Waals surface area contributed by atoms with Crippen LogP contribution in [0.5, 0.6) is 5.75 Å². The fourth-order valence-corrected chi connectivity index (χ4v) is 3.25. The second-order valence-electron chi connectivity index (χ2n) is 7.46. The third-order valence-corrected chi connectivity index (χ3v) is 4.74. The average molecular weight is 361 g/mol. The van der Waals surface area contributed by atoms with E-state index in [2.05, 4.69) is 64.1 Å². The van der Waals surface area contributed by atoms with E-state index >= 15 is 0 Å². The molecule has 0 amide bonds. The van der Waals surface area contributed by atoms with Crippen LogP contribution in [0, 0.1) is 19.8 Å². The van der Waals surface area contributed by atoms with Gasteiger partial charge in [-0.1, -0.05) is 44.2 Å². The fraction of sp³-hybridized carbons (Fsp3) is 0.292. The van der Waals surface area contributed by atoms with Gasteiger partial charge in [-0.2, -0.15) is 0 Å². The molecule has 0 unspecified atom stereocenters. The van der Waals surface area contributed by atoms with Crippen molar-refractivity contribution in [1.82, 2.24) is 4.98 Å². The van der Waals surface area contributed by atoms with Gasteiger partial charge in [-0.3, -0.25) is 0 Å². The van der Waals surface area contributed by atoms with E-state index in [4.69, 9.17) is 15.5 Å². The standard InChI is InChI=1S/C24H28N2O/c1-16(2)13-14-27-20-10-6-9-19(15-20)21-11-12-22(25)26-24(21)23-17(3)7-5-8-18(23)4/h5-12,15-16H,13-14H2,1-4H3,(H2,25,26). The van der Waals surface area contributed by atoms with Crippen molar-refractivity contribution in [3.8, 4) is 28.1 Å². The lowest BCUT2D eigenvalue weighted by molar-refractivity contribution is 0.289. The molecule has 0 saturated carbocycles. The molecule has 0 radical (unpaired) electrons. The molecule has 3 aromatic rings. The summed E-state index contributed by atoms with van der Waals surface area (Å²) in [6.07, 6.45) is 1.04. The molecule has 0 bridgehead atoms. The largest absolute Gasteiger partial charge is 0.494 e. The molecule has 3 nitrogen and oxygen atoms in total. The summed E-state index contributed by atoms with van der Waals surface area (Å²) in [4.78, 5) is 4.69. The van der Waals surface area contributed by atoms with Crippen LogP contribution in [-0.4, -0.2) is 11.6 Å². The van der Waals surface area contributed by atoms with Crippen molar-refractivity contribution in [2.45, 2.75) is 34.1 Å². The van der Waals surface area contributed by atoms with Crippen LogP contribution in [0.2, 0.25) is 0 Å². The van der Waals surface area contributed by atoms with Crippen LogP contribution in [0.1, 0.15) is 31.4 Å². The molecular formula is C24H28N2O. The number of nitrogen functional groups attached to an aromatic ring is 1. The zero-order chi connectivity index (χ0) is 19.4. The van der Waals surface area contributed by atoms with Gasteiger partial charge >= 0.3 is 0 Å². The lowest BCUT2D eigenvalue weighted by atomic mass is 9.93. The highest BCUT2D eigenvalue weighted by Crippen LogP contribution is 2.36. The van der Waals surface area contributed by atoms with Crippen molar-refractivity contribution in [2.24, 2.45) is 5.92 Å². The molecule has 0 saturated heterocycles. The molecule has 1 heterocycles. The topological polar surface area (TPSA) is 48.1 Å². The number of aryl methyl sites for hydroxylation is 2. The Morgan fingerprint density at radius 3 is 2.37 bits per heavy atom. The predicted octanol–water partition coefficient (Wildman–Crippen LogP) is 6.04. The molecule has 3 rings (SSSR count). The third kappa shape index (κ3) is 4.48. The number of aromatic nitrogens is 1. The molecular weight excluding hydrogens is 332 g/mol. The molecule has 0 aliphatic heterocycles. The molecule has 0 spiro atoms. The molecule has 2 aromatic carbocycles. The minimum absolute atomic E-state index is 0.528. The predicted molar refractivity (Wildman–Crippen MR) is 114 cm³/mol. The van der Waals surface area contributed by atoms with Gasteiger partial charge in [0.05, 0.1) is 12.3 Å². The smallest absolute Gasteiger partial charge is 0.124 e. The van der Waals surface area contributed by atoms with Crippen LogP contribution < -0.4 is 10.5 Å². The Morgan fingerprint density at radius 2 is 1.67 bits per heavy atom. The van der Waals surface area contributed by atoms with Crippen molar-refractivity contribution < 1.29 is 4.74 Å². The summed E-state index contributed by atoms with van der Waals surface area (Å²) >= 11 is 0. The fourth-order valence-electron chi connectivity index (χ4n) is 3.25. The van der Waals surface area contributed by atoms with Gasteiger partial charge in [0.1, 0.15) is 11.6 Å². The maximum atomic E-state index is 6.03. The van der Waals surface area contributed by atoms with E-state index < -0.39 is 0 Å². The molecule has 0 atom stereocenters. The van der Waals surface area contributed by atoms with E-state index in [0.717, 1.165) is 41.2 Å². The highest BCUT2D eigenvalue weighted by atomic mass is 16.5. The summed E-state index contributed by atoms with van der Waals surface area (Å²) in [5, 5.41) is 0. The molecule has 27 heavy (non-hydrogen) atoms. The van der Waals surface area contributed by atoms with E-state index in [9.17, 15) is 0 Å². The maximum absolute atomic E-state index is 6.03. The van der Waals surface area contributed by atoms with Gasteiger partial charge in [0.15, 0.2) is 0 Å². The lowest BCUT2D eigenvalue weighted by Crippen LogP contribution is -2.01. The number of rotatable bonds is 6. The summed E-state index contributed by atoms with van der Waals surface area (Å²) in [5.41, 5.74) is 12.6. The van der Waals surface area contributed by atoms with Gasteiger partial charge < -0.3 is 10.5 Å². The highest BCUT2D eigenvalue weighted by molar-refractivity contribution is 5.84. The minimum Gasteiger partial charge on any atom is -0.494 e. The first-order chi connectivity index (χ1) is 13.0. The summed E-state index contributed by atoms with van der Waals surface area (Å²) in [6, 6.07) is 18.4. The SMILES string of the molecule is Cc1cccc(C)c1-c1nc(N)ccc1-c1cccc(OCCC(C)C)c1. The Balaban J connectivity index is 2.03. The molecule has 2 N–H and O–H groups in total. The van der Waals surface area contributed by atoms with Crippen LogP contribution >= 0.6 is 0 Å². The normalized spacial score (nSPS) is 11.0. The van der Waals surface area contributed by atoms with Crippen molar-refractivity contribution in [3.05, 3.63) is 65.7 Å². The first-order valence-electron chi connectivity index (χ1n) is 9.52. The van der Waals surface area contributed by atoms with Crippen LogP contribution in [0.15, 0.2) is 54.6 Å². The molecule has 3 heteroatoms. The number of pyridine rings is 1. The quantitative estimate of drug-likeness (QED) is 0.583. The molecule has 1 aromatic heterocycles. The monoisotopic (exact) mass is 360 g/mol. The Hall–Kier alpha value is -2.81. The van der Waals surface area contributed by atoms with E-state index in [-0.39, 0.29) is 0 Å². The number of anilines is 1. The van der Waals surface area contributed by atoms with Crippen LogP contribution in [0.3, 0.4) is 0 Å². The van der Waals surface area contributed by atoms with Gasteiger partial charge in [-0.05, 0) is 67.1 Å². The molecule has 0 aliphatic rings. The lowest BCUT2D eigenvalue weighted by Gasteiger charge is -2.15. The van der Waals surface area contributed by atoms with Crippen molar-refractivity contribution >= 4 is 5.82 Å². The van der Waals surface area contributed by atoms with Crippen molar-refractivity contribution in [3.63, 3.8) is 0 Å². The Labute approximate surface area is 162 Å². The zero-order valence-electron chi connectivity index (χ0n) is 16.6. The third-order valence-electron chi connectivity index (χ3n) is 4.74. The molecule has 0 aliphatic carbocycles. The van der Waals surface area contributed by atoms with Crippen LogP contribution in [0.25, 0.3) is 22.4 Å². The van der Waals surface area contributed by atoms with Crippen molar-refractivity contribution in [2.75, 3.05) is 12.3 Å². The summed E-state index contributed by atoms with van der Waals surface area (Å²) in [6.45, 7) is 9.36. The summed E-state index contributed by atoms with van der Waals surface area (Å²) in [7, 11) is 0. The van der Waals surface area contributed by atoms with Crippen LogP contribution in [-0.2, 0) is 0 Å². The zero-order valence-corrected chi connectivity index (χ0v) is 16.6. The average Bonchev–Trinajstić information content (AvgIpc) is 2.62. The number of ether oxygens (including phenoxy) is 1. The highest BCUT2D eigenvalue weighted by Gasteiger charge is 2.14. The maximum Gasteiger partial charge on any atom is 0.124 e. The van der Waals surface area contributed by atoms with E-state index in [1.807, 2.05) is 18.2 Å². The Kier molecular flexibility index (Phi) is 5.80. The first kappa shape index (κ1) is 19.0. The summed E-state index contributed by atoms with van der Waals surface area (Å²) < 4.78 is 5.95. The Bertz CT molecular complexity index is 911. The van der Waals surface area contributed by atoms with Gasteiger partial charge in [-0.15, -0.1) is 0 Å². The van der Waals surface area contributed by atoms with E-state index in [0.29, 0.717) is 11.7 Å². The minimum atomic E-state index is 0.528. The van der Waals surface area contributed by atoms with Gasteiger partial charge in [0, 0.05) is 11.1 Å². The Morgan fingerprint density at radius 1 is 0.963 bits per heavy atom. The number of hydrogen-bond acceptors (Lipinski definition) is 3.